The number of nitrogens with zero attached hydrogens (tertiary/aromatic N) is 2. The fourth-order valence-electron chi connectivity index (χ4n) is 5.15. The summed E-state index contributed by atoms with van der Waals surface area (Å²) in [5.41, 5.74) is -2.20. The zero-order chi connectivity index (χ0) is 26.9. The van der Waals surface area contributed by atoms with Crippen molar-refractivity contribution in [3.05, 3.63) is 68.8 Å². The lowest BCUT2D eigenvalue weighted by Crippen LogP contribution is -2.50. The first-order valence-corrected chi connectivity index (χ1v) is 14.0. The second kappa shape index (κ2) is 9.84. The molecule has 2 aromatic rings. The van der Waals surface area contributed by atoms with Crippen molar-refractivity contribution >= 4 is 31.4 Å². The third kappa shape index (κ3) is 6.24. The molecule has 0 aromatic heterocycles. The van der Waals surface area contributed by atoms with Crippen molar-refractivity contribution < 1.29 is 26.7 Å². The van der Waals surface area contributed by atoms with Gasteiger partial charge in [0, 0.05) is 24.7 Å². The SMILES string of the molecule is CC1(C)C[C@H](NS(=O)(=O)c2ccccc2[N+](=O)[O-])C[C@@](C)(CNS(=O)(=O)c2ccccc2[N+](=O)[O-])C1. The number of sulfonamides is 2. The van der Waals surface area contributed by atoms with Crippen molar-refractivity contribution in [1.82, 2.24) is 9.44 Å². The number of nitrogens with one attached hydrogen (secondary N) is 2. The summed E-state index contributed by atoms with van der Waals surface area (Å²) in [6.45, 7) is 5.57. The molecule has 2 aromatic carbocycles. The van der Waals surface area contributed by atoms with Gasteiger partial charge in [-0.05, 0) is 42.2 Å². The molecule has 0 aliphatic heterocycles. The molecule has 0 radical (unpaired) electrons. The zero-order valence-electron chi connectivity index (χ0n) is 20.0. The van der Waals surface area contributed by atoms with Crippen LogP contribution in [0.2, 0.25) is 0 Å². The molecule has 0 saturated heterocycles. The van der Waals surface area contributed by atoms with Gasteiger partial charge in [0.2, 0.25) is 20.0 Å². The van der Waals surface area contributed by atoms with Crippen LogP contribution in [-0.2, 0) is 20.0 Å². The van der Waals surface area contributed by atoms with Crippen molar-refractivity contribution in [3.63, 3.8) is 0 Å². The van der Waals surface area contributed by atoms with E-state index in [0.717, 1.165) is 24.3 Å². The summed E-state index contributed by atoms with van der Waals surface area (Å²) in [5, 5.41) is 22.6. The van der Waals surface area contributed by atoms with E-state index in [1.54, 1.807) is 0 Å². The van der Waals surface area contributed by atoms with Crippen molar-refractivity contribution in [3.8, 4) is 0 Å². The summed E-state index contributed by atoms with van der Waals surface area (Å²) in [6.07, 6.45) is 1.22. The molecule has 196 valence electrons. The van der Waals surface area contributed by atoms with Crippen LogP contribution in [0, 0.1) is 31.1 Å². The average Bonchev–Trinajstić information content (AvgIpc) is 2.76. The number of rotatable bonds is 9. The van der Waals surface area contributed by atoms with E-state index in [9.17, 15) is 37.1 Å². The highest BCUT2D eigenvalue weighted by Crippen LogP contribution is 2.46. The Kier molecular flexibility index (Phi) is 7.56. The standard InChI is InChI=1S/C22H28N4O8S2/c1-21(2)12-16(24-36(33,34)20-11-7-5-9-18(20)26(29)30)13-22(3,14-21)15-23-35(31,32)19-10-6-4-8-17(19)25(27)28/h4-11,16,23-24H,12-15H2,1-3H3/t16-,22+/m0/s1. The molecule has 0 unspecified atom stereocenters. The summed E-state index contributed by atoms with van der Waals surface area (Å²) in [4.78, 5) is 20.2. The Morgan fingerprint density at radius 2 is 1.31 bits per heavy atom. The van der Waals surface area contributed by atoms with Crippen LogP contribution in [-0.4, -0.2) is 39.3 Å². The van der Waals surface area contributed by atoms with Gasteiger partial charge >= 0.3 is 0 Å². The predicted octanol–water partition coefficient (Wildman–Crippen LogP) is 3.34. The fourth-order valence-corrected chi connectivity index (χ4v) is 7.93. The number of benzene rings is 2. The van der Waals surface area contributed by atoms with E-state index in [4.69, 9.17) is 0 Å². The second-order valence-corrected chi connectivity index (χ2v) is 13.6. The van der Waals surface area contributed by atoms with E-state index in [1.807, 2.05) is 20.8 Å². The first-order valence-electron chi connectivity index (χ1n) is 11.0. The maximum Gasteiger partial charge on any atom is 0.289 e. The Labute approximate surface area is 209 Å². The Bertz CT molecular complexity index is 1390. The van der Waals surface area contributed by atoms with Gasteiger partial charge in [0.1, 0.15) is 0 Å². The minimum atomic E-state index is -4.24. The van der Waals surface area contributed by atoms with Crippen LogP contribution in [0.4, 0.5) is 11.4 Å². The average molecular weight is 541 g/mol. The molecule has 14 heteroatoms. The van der Waals surface area contributed by atoms with E-state index >= 15 is 0 Å². The number of para-hydroxylation sites is 2. The molecule has 0 amide bonds. The Hall–Kier alpha value is -2.94. The van der Waals surface area contributed by atoms with Gasteiger partial charge < -0.3 is 0 Å². The lowest BCUT2D eigenvalue weighted by atomic mass is 9.63. The van der Waals surface area contributed by atoms with Gasteiger partial charge in [-0.15, -0.1) is 0 Å². The largest absolute Gasteiger partial charge is 0.289 e. The number of hydrogen-bond acceptors (Lipinski definition) is 8. The molecule has 2 atom stereocenters. The van der Waals surface area contributed by atoms with Gasteiger partial charge in [0.25, 0.3) is 11.4 Å². The lowest BCUT2D eigenvalue weighted by Gasteiger charge is -2.46. The number of hydrogen-bond donors (Lipinski definition) is 2. The molecular weight excluding hydrogens is 512 g/mol. The van der Waals surface area contributed by atoms with Gasteiger partial charge in [-0.2, -0.15) is 0 Å². The van der Waals surface area contributed by atoms with Crippen molar-refractivity contribution in [2.24, 2.45) is 10.8 Å². The van der Waals surface area contributed by atoms with Crippen LogP contribution in [0.3, 0.4) is 0 Å². The van der Waals surface area contributed by atoms with Crippen molar-refractivity contribution in [2.45, 2.75) is 55.9 Å². The fraction of sp³-hybridized carbons (Fsp3) is 0.455. The van der Waals surface area contributed by atoms with Crippen LogP contribution in [0.25, 0.3) is 0 Å². The zero-order valence-corrected chi connectivity index (χ0v) is 21.6. The summed E-state index contributed by atoms with van der Waals surface area (Å²) >= 11 is 0. The number of nitro groups is 2. The molecule has 1 aliphatic rings. The highest BCUT2D eigenvalue weighted by Gasteiger charge is 2.43. The lowest BCUT2D eigenvalue weighted by molar-refractivity contribution is -0.388. The molecule has 2 N–H and O–H groups in total. The van der Waals surface area contributed by atoms with E-state index in [-0.39, 0.29) is 13.0 Å². The van der Waals surface area contributed by atoms with Crippen LogP contribution in [0.15, 0.2) is 58.3 Å². The van der Waals surface area contributed by atoms with E-state index in [2.05, 4.69) is 9.44 Å². The molecule has 3 rings (SSSR count). The molecular formula is C22H28N4O8S2. The van der Waals surface area contributed by atoms with E-state index < -0.39 is 67.9 Å². The minimum Gasteiger partial charge on any atom is -0.258 e. The van der Waals surface area contributed by atoms with Gasteiger partial charge in [-0.1, -0.05) is 45.0 Å². The quantitative estimate of drug-likeness (QED) is 0.359. The highest BCUT2D eigenvalue weighted by molar-refractivity contribution is 7.90. The summed E-state index contributed by atoms with van der Waals surface area (Å²) < 4.78 is 57.0. The topological polar surface area (TPSA) is 179 Å². The van der Waals surface area contributed by atoms with Crippen LogP contribution < -0.4 is 9.44 Å². The molecule has 0 heterocycles. The molecule has 0 bridgehead atoms. The second-order valence-electron chi connectivity index (χ2n) is 10.2. The van der Waals surface area contributed by atoms with Crippen LogP contribution in [0.5, 0.6) is 0 Å². The molecule has 1 fully saturated rings. The molecule has 12 nitrogen and oxygen atoms in total. The van der Waals surface area contributed by atoms with Gasteiger partial charge in [0.15, 0.2) is 9.79 Å². The van der Waals surface area contributed by atoms with Gasteiger partial charge in [-0.25, -0.2) is 26.3 Å². The summed E-state index contributed by atoms with van der Waals surface area (Å²) in [6, 6.07) is 9.44. The predicted molar refractivity (Wildman–Crippen MR) is 131 cm³/mol. The normalized spacial score (nSPS) is 22.1. The van der Waals surface area contributed by atoms with E-state index in [1.165, 1.54) is 24.3 Å². The Morgan fingerprint density at radius 3 is 1.81 bits per heavy atom. The third-order valence-corrected chi connectivity index (χ3v) is 9.17. The smallest absolute Gasteiger partial charge is 0.258 e. The van der Waals surface area contributed by atoms with Crippen molar-refractivity contribution in [2.75, 3.05) is 6.54 Å². The Balaban J connectivity index is 1.83. The van der Waals surface area contributed by atoms with Crippen molar-refractivity contribution in [1.29, 1.82) is 0 Å². The molecule has 36 heavy (non-hydrogen) atoms. The first-order chi connectivity index (χ1) is 16.6. The highest BCUT2D eigenvalue weighted by atomic mass is 32.2. The Morgan fingerprint density at radius 1 is 0.833 bits per heavy atom. The molecule has 1 saturated carbocycles. The van der Waals surface area contributed by atoms with Gasteiger partial charge in [0.05, 0.1) is 9.85 Å². The molecule has 1 aliphatic carbocycles. The summed E-state index contributed by atoms with van der Waals surface area (Å²) in [7, 11) is -8.47. The van der Waals surface area contributed by atoms with Crippen LogP contribution >= 0.6 is 0 Å². The number of nitro benzene ring substituents is 2. The van der Waals surface area contributed by atoms with E-state index in [0.29, 0.717) is 12.8 Å². The van der Waals surface area contributed by atoms with Crippen LogP contribution in [0.1, 0.15) is 40.0 Å². The summed E-state index contributed by atoms with van der Waals surface area (Å²) in [5.74, 6) is 0. The third-order valence-electron chi connectivity index (χ3n) is 6.16. The maximum absolute atomic E-state index is 13.1. The molecule has 0 spiro atoms. The maximum atomic E-state index is 13.1. The first kappa shape index (κ1) is 27.6. The van der Waals surface area contributed by atoms with Gasteiger partial charge in [-0.3, -0.25) is 20.2 Å². The minimum absolute atomic E-state index is 0.0888. The monoisotopic (exact) mass is 540 g/mol.